The van der Waals surface area contributed by atoms with Crippen molar-refractivity contribution in [3.8, 4) is 0 Å². The number of benzene rings is 1. The number of hydrogen-bond acceptors (Lipinski definition) is 3. The summed E-state index contributed by atoms with van der Waals surface area (Å²) in [5.74, 6) is -0.497. The summed E-state index contributed by atoms with van der Waals surface area (Å²) >= 11 is 0. The first-order chi connectivity index (χ1) is 9.58. The van der Waals surface area contributed by atoms with E-state index in [4.69, 9.17) is 0 Å². The quantitative estimate of drug-likeness (QED) is 0.876. The average molecular weight is 270 g/mol. The van der Waals surface area contributed by atoms with E-state index in [1.54, 1.807) is 13.0 Å². The Kier molecular flexibility index (Phi) is 4.35. The topological polar surface area (TPSA) is 62.2 Å². The third kappa shape index (κ3) is 3.35. The van der Waals surface area contributed by atoms with Crippen molar-refractivity contribution < 1.29 is 9.90 Å². The van der Waals surface area contributed by atoms with Crippen molar-refractivity contribution in [3.05, 3.63) is 58.8 Å². The zero-order valence-corrected chi connectivity index (χ0v) is 11.7. The maximum atomic E-state index is 11.3. The van der Waals surface area contributed by atoms with E-state index >= 15 is 0 Å². The molecule has 0 aliphatic carbocycles. The number of anilines is 1. The number of nitrogens with zero attached hydrogens (tertiary/aromatic N) is 1. The van der Waals surface area contributed by atoms with Crippen molar-refractivity contribution in [2.75, 3.05) is 11.9 Å². The highest BCUT2D eigenvalue weighted by Crippen LogP contribution is 2.18. The van der Waals surface area contributed by atoms with Crippen molar-refractivity contribution in [1.82, 2.24) is 4.98 Å². The third-order valence-electron chi connectivity index (χ3n) is 3.11. The summed E-state index contributed by atoms with van der Waals surface area (Å²) in [5, 5.41) is 12.4. The molecule has 20 heavy (non-hydrogen) atoms. The van der Waals surface area contributed by atoms with Gasteiger partial charge in [0.25, 0.3) is 0 Å². The molecule has 0 atom stereocenters. The Morgan fingerprint density at radius 2 is 1.95 bits per heavy atom. The zero-order valence-electron chi connectivity index (χ0n) is 11.7. The summed E-state index contributed by atoms with van der Waals surface area (Å²) in [6.07, 6.45) is 0.828. The molecule has 2 N–H and O–H groups in total. The Bertz CT molecular complexity index is 609. The van der Waals surface area contributed by atoms with Crippen molar-refractivity contribution in [3.63, 3.8) is 0 Å². The minimum absolute atomic E-state index is 0.253. The zero-order chi connectivity index (χ0) is 14.5. The van der Waals surface area contributed by atoms with Crippen LogP contribution in [0.2, 0.25) is 0 Å². The molecule has 104 valence electrons. The molecule has 0 unspecified atom stereocenters. The lowest BCUT2D eigenvalue weighted by molar-refractivity contribution is 0.0697. The van der Waals surface area contributed by atoms with Crippen LogP contribution in [0.3, 0.4) is 0 Å². The van der Waals surface area contributed by atoms with E-state index in [0.29, 0.717) is 12.4 Å². The normalized spacial score (nSPS) is 10.3. The van der Waals surface area contributed by atoms with Crippen molar-refractivity contribution >= 4 is 11.8 Å². The van der Waals surface area contributed by atoms with Crippen molar-refractivity contribution in [2.45, 2.75) is 20.3 Å². The van der Waals surface area contributed by atoms with Crippen LogP contribution in [0.1, 0.15) is 27.2 Å². The van der Waals surface area contributed by atoms with Crippen LogP contribution in [0.15, 0.2) is 36.4 Å². The van der Waals surface area contributed by atoms with E-state index in [0.717, 1.165) is 17.7 Å². The van der Waals surface area contributed by atoms with Gasteiger partial charge in [-0.05, 0) is 37.5 Å². The number of pyridine rings is 1. The molecule has 4 nitrogen and oxygen atoms in total. The predicted octanol–water partition coefficient (Wildman–Crippen LogP) is 3.05. The second kappa shape index (κ2) is 6.19. The molecule has 0 amide bonds. The first-order valence-electron chi connectivity index (χ1n) is 6.57. The van der Waals surface area contributed by atoms with Gasteiger partial charge in [0.15, 0.2) is 0 Å². The van der Waals surface area contributed by atoms with E-state index < -0.39 is 5.97 Å². The van der Waals surface area contributed by atoms with Gasteiger partial charge >= 0.3 is 5.97 Å². The molecule has 0 spiro atoms. The van der Waals surface area contributed by atoms with Crippen LogP contribution in [0.25, 0.3) is 0 Å². The molecule has 0 radical (unpaired) electrons. The fourth-order valence-electron chi connectivity index (χ4n) is 2.20. The van der Waals surface area contributed by atoms with Crippen LogP contribution in [0.4, 0.5) is 5.82 Å². The van der Waals surface area contributed by atoms with Crippen LogP contribution in [-0.2, 0) is 6.42 Å². The van der Waals surface area contributed by atoms with Gasteiger partial charge in [-0.15, -0.1) is 0 Å². The Labute approximate surface area is 118 Å². The molecule has 2 rings (SSSR count). The fraction of sp³-hybridized carbons (Fsp3) is 0.250. The number of aryl methyl sites for hydroxylation is 2. The largest absolute Gasteiger partial charge is 0.478 e. The fourth-order valence-corrected chi connectivity index (χ4v) is 2.20. The Morgan fingerprint density at radius 1 is 1.25 bits per heavy atom. The minimum Gasteiger partial charge on any atom is -0.478 e. The molecular weight excluding hydrogens is 252 g/mol. The summed E-state index contributed by atoms with van der Waals surface area (Å²) in [7, 11) is 0. The SMILES string of the molecule is Cc1cc(C)c(C(=O)O)c(NCCc2ccccc2)n1. The van der Waals surface area contributed by atoms with Crippen LogP contribution in [0.5, 0.6) is 0 Å². The molecule has 1 heterocycles. The molecule has 0 aliphatic rings. The van der Waals surface area contributed by atoms with E-state index in [1.807, 2.05) is 25.1 Å². The number of carbonyl (C=O) groups is 1. The van der Waals surface area contributed by atoms with E-state index in [2.05, 4.69) is 22.4 Å². The predicted molar refractivity (Wildman–Crippen MR) is 79.3 cm³/mol. The number of aromatic carboxylic acids is 1. The van der Waals surface area contributed by atoms with E-state index in [9.17, 15) is 9.90 Å². The van der Waals surface area contributed by atoms with Gasteiger partial charge in [-0.25, -0.2) is 9.78 Å². The second-order valence-corrected chi connectivity index (χ2v) is 4.77. The number of carboxylic acids is 1. The lowest BCUT2D eigenvalue weighted by atomic mass is 10.1. The van der Waals surface area contributed by atoms with Gasteiger partial charge in [-0.1, -0.05) is 30.3 Å². The summed E-state index contributed by atoms with van der Waals surface area (Å²) in [6.45, 7) is 4.31. The van der Waals surface area contributed by atoms with Crippen LogP contribution in [0, 0.1) is 13.8 Å². The summed E-state index contributed by atoms with van der Waals surface area (Å²) in [5.41, 5.74) is 3.01. The number of aromatic nitrogens is 1. The molecule has 0 aliphatic heterocycles. The highest BCUT2D eigenvalue weighted by Gasteiger charge is 2.15. The smallest absolute Gasteiger partial charge is 0.339 e. The second-order valence-electron chi connectivity index (χ2n) is 4.77. The highest BCUT2D eigenvalue weighted by molar-refractivity contribution is 5.94. The number of rotatable bonds is 5. The summed E-state index contributed by atoms with van der Waals surface area (Å²) in [4.78, 5) is 15.6. The standard InChI is InChI=1S/C16H18N2O2/c1-11-10-12(2)18-15(14(11)16(19)20)17-9-8-13-6-4-3-5-7-13/h3-7,10H,8-9H2,1-2H3,(H,17,18)(H,19,20). The molecular formula is C16H18N2O2. The van der Waals surface area contributed by atoms with Gasteiger partial charge < -0.3 is 10.4 Å². The van der Waals surface area contributed by atoms with Gasteiger partial charge in [0.05, 0.1) is 0 Å². The third-order valence-corrected chi connectivity index (χ3v) is 3.11. The number of carboxylic acid groups (broad SMARTS) is 1. The van der Waals surface area contributed by atoms with Crippen LogP contribution < -0.4 is 5.32 Å². The van der Waals surface area contributed by atoms with E-state index in [1.165, 1.54) is 5.56 Å². The highest BCUT2D eigenvalue weighted by atomic mass is 16.4. The first-order valence-corrected chi connectivity index (χ1v) is 6.57. The molecule has 0 fully saturated rings. The molecule has 2 aromatic rings. The summed E-state index contributed by atoms with van der Waals surface area (Å²) < 4.78 is 0. The van der Waals surface area contributed by atoms with Crippen LogP contribution in [-0.4, -0.2) is 22.6 Å². The monoisotopic (exact) mass is 270 g/mol. The van der Waals surface area contributed by atoms with Crippen molar-refractivity contribution in [1.29, 1.82) is 0 Å². The molecule has 0 saturated heterocycles. The Morgan fingerprint density at radius 3 is 2.60 bits per heavy atom. The van der Waals surface area contributed by atoms with Gasteiger partial charge in [0, 0.05) is 12.2 Å². The maximum Gasteiger partial charge on any atom is 0.339 e. The summed E-state index contributed by atoms with van der Waals surface area (Å²) in [6, 6.07) is 11.8. The van der Waals surface area contributed by atoms with Gasteiger partial charge in [0.2, 0.25) is 0 Å². The minimum atomic E-state index is -0.947. The lowest BCUT2D eigenvalue weighted by Crippen LogP contribution is -2.13. The molecule has 1 aromatic carbocycles. The van der Waals surface area contributed by atoms with E-state index in [-0.39, 0.29) is 5.56 Å². The molecule has 1 aromatic heterocycles. The lowest BCUT2D eigenvalue weighted by Gasteiger charge is -2.12. The van der Waals surface area contributed by atoms with Crippen molar-refractivity contribution in [2.24, 2.45) is 0 Å². The van der Waals surface area contributed by atoms with Gasteiger partial charge in [-0.2, -0.15) is 0 Å². The first kappa shape index (κ1) is 14.1. The Hall–Kier alpha value is -2.36. The number of nitrogens with one attached hydrogen (secondary N) is 1. The molecule has 4 heteroatoms. The van der Waals surface area contributed by atoms with Crippen LogP contribution >= 0.6 is 0 Å². The van der Waals surface area contributed by atoms with Gasteiger partial charge in [0.1, 0.15) is 11.4 Å². The van der Waals surface area contributed by atoms with Gasteiger partial charge in [-0.3, -0.25) is 0 Å². The molecule has 0 bridgehead atoms. The maximum absolute atomic E-state index is 11.3. The molecule has 0 saturated carbocycles. The Balaban J connectivity index is 2.11. The average Bonchev–Trinajstić information content (AvgIpc) is 2.38. The number of hydrogen-bond donors (Lipinski definition) is 2.